The summed E-state index contributed by atoms with van der Waals surface area (Å²) >= 11 is 0. The standard InChI is InChI=1S/C12H25N3O/c1-2-14-5-7-15(8-6-14)12(11-13)3-9-16-10-4-12/h2-11,13H2,1H3. The quantitative estimate of drug-likeness (QED) is 0.744. The minimum Gasteiger partial charge on any atom is -0.381 e. The molecule has 2 aliphatic heterocycles. The molecule has 0 aromatic rings. The minimum atomic E-state index is 0.234. The van der Waals surface area contributed by atoms with Gasteiger partial charge in [-0.25, -0.2) is 0 Å². The average Bonchev–Trinajstić information content (AvgIpc) is 2.39. The van der Waals surface area contributed by atoms with E-state index >= 15 is 0 Å². The number of nitrogens with zero attached hydrogens (tertiary/aromatic N) is 2. The Bertz CT molecular complexity index is 208. The molecular formula is C12H25N3O. The van der Waals surface area contributed by atoms with Crippen LogP contribution < -0.4 is 5.73 Å². The highest BCUT2D eigenvalue weighted by Gasteiger charge is 2.38. The van der Waals surface area contributed by atoms with Gasteiger partial charge in [-0.15, -0.1) is 0 Å². The number of piperazine rings is 1. The molecule has 2 heterocycles. The normalized spacial score (nSPS) is 28.1. The molecule has 2 fully saturated rings. The molecule has 4 nitrogen and oxygen atoms in total. The zero-order valence-electron chi connectivity index (χ0n) is 10.5. The topological polar surface area (TPSA) is 41.7 Å². The molecule has 0 amide bonds. The van der Waals surface area contributed by atoms with Gasteiger partial charge in [-0.3, -0.25) is 4.90 Å². The molecule has 2 aliphatic rings. The fourth-order valence-corrected chi connectivity index (χ4v) is 2.94. The van der Waals surface area contributed by atoms with Crippen molar-refractivity contribution in [2.24, 2.45) is 5.73 Å². The van der Waals surface area contributed by atoms with Crippen LogP contribution in [0.5, 0.6) is 0 Å². The van der Waals surface area contributed by atoms with E-state index in [2.05, 4.69) is 16.7 Å². The van der Waals surface area contributed by atoms with Crippen molar-refractivity contribution in [2.75, 3.05) is 52.5 Å². The van der Waals surface area contributed by atoms with Crippen molar-refractivity contribution >= 4 is 0 Å². The van der Waals surface area contributed by atoms with Crippen molar-refractivity contribution in [1.82, 2.24) is 9.80 Å². The Hall–Kier alpha value is -0.160. The molecule has 0 aromatic heterocycles. The molecule has 2 N–H and O–H groups in total. The maximum Gasteiger partial charge on any atom is 0.0484 e. The monoisotopic (exact) mass is 227 g/mol. The molecule has 94 valence electrons. The fraction of sp³-hybridized carbons (Fsp3) is 1.00. The van der Waals surface area contributed by atoms with E-state index < -0.39 is 0 Å². The molecule has 0 spiro atoms. The molecule has 0 aliphatic carbocycles. The van der Waals surface area contributed by atoms with Crippen LogP contribution in [0.1, 0.15) is 19.8 Å². The lowest BCUT2D eigenvalue weighted by molar-refractivity contribution is -0.0419. The first-order chi connectivity index (χ1) is 7.80. The van der Waals surface area contributed by atoms with Crippen molar-refractivity contribution in [3.63, 3.8) is 0 Å². The summed E-state index contributed by atoms with van der Waals surface area (Å²) in [4.78, 5) is 5.13. The van der Waals surface area contributed by atoms with Crippen molar-refractivity contribution in [3.05, 3.63) is 0 Å². The van der Waals surface area contributed by atoms with Gasteiger partial charge in [0.25, 0.3) is 0 Å². The molecule has 2 saturated heterocycles. The van der Waals surface area contributed by atoms with Crippen LogP contribution in [0.3, 0.4) is 0 Å². The Morgan fingerprint density at radius 3 is 2.25 bits per heavy atom. The van der Waals surface area contributed by atoms with Gasteiger partial charge in [-0.2, -0.15) is 0 Å². The second-order valence-electron chi connectivity index (χ2n) is 4.96. The zero-order chi connectivity index (χ0) is 11.4. The van der Waals surface area contributed by atoms with Gasteiger partial charge >= 0.3 is 0 Å². The predicted octanol–water partition coefficient (Wildman–Crippen LogP) is 0.132. The Kier molecular flexibility index (Phi) is 4.19. The molecule has 0 atom stereocenters. The summed E-state index contributed by atoms with van der Waals surface area (Å²) in [5, 5.41) is 0. The maximum atomic E-state index is 6.03. The summed E-state index contributed by atoms with van der Waals surface area (Å²) in [6.07, 6.45) is 2.21. The molecule has 2 rings (SSSR count). The number of rotatable bonds is 3. The van der Waals surface area contributed by atoms with Gasteiger partial charge in [0.05, 0.1) is 0 Å². The Balaban J connectivity index is 1.94. The second-order valence-corrected chi connectivity index (χ2v) is 4.96. The summed E-state index contributed by atoms with van der Waals surface area (Å²) in [7, 11) is 0. The van der Waals surface area contributed by atoms with E-state index in [1.807, 2.05) is 0 Å². The molecule has 0 unspecified atom stereocenters. The predicted molar refractivity (Wildman–Crippen MR) is 65.5 cm³/mol. The first-order valence-electron chi connectivity index (χ1n) is 6.56. The van der Waals surface area contributed by atoms with Gasteiger partial charge in [-0.05, 0) is 19.4 Å². The van der Waals surface area contributed by atoms with Gasteiger partial charge in [0.1, 0.15) is 0 Å². The number of hydrogen-bond donors (Lipinski definition) is 1. The second kappa shape index (κ2) is 5.45. The Labute approximate surface area is 98.7 Å². The number of ether oxygens (including phenoxy) is 1. The van der Waals surface area contributed by atoms with Crippen LogP contribution in [-0.4, -0.2) is 67.8 Å². The molecular weight excluding hydrogens is 202 g/mol. The summed E-state index contributed by atoms with van der Waals surface area (Å²) in [6.45, 7) is 10.7. The lowest BCUT2D eigenvalue weighted by Gasteiger charge is -2.49. The van der Waals surface area contributed by atoms with Crippen LogP contribution in [-0.2, 0) is 4.74 Å². The van der Waals surface area contributed by atoms with E-state index in [4.69, 9.17) is 10.5 Å². The molecule has 0 aromatic carbocycles. The maximum absolute atomic E-state index is 6.03. The van der Waals surface area contributed by atoms with E-state index in [0.717, 1.165) is 32.6 Å². The average molecular weight is 227 g/mol. The Morgan fingerprint density at radius 2 is 1.75 bits per heavy atom. The summed E-state index contributed by atoms with van der Waals surface area (Å²) in [5.41, 5.74) is 6.26. The summed E-state index contributed by atoms with van der Waals surface area (Å²) < 4.78 is 5.47. The first-order valence-corrected chi connectivity index (χ1v) is 6.56. The van der Waals surface area contributed by atoms with Crippen molar-refractivity contribution in [1.29, 1.82) is 0 Å². The third-order valence-electron chi connectivity index (χ3n) is 4.29. The van der Waals surface area contributed by atoms with Crippen molar-refractivity contribution in [2.45, 2.75) is 25.3 Å². The van der Waals surface area contributed by atoms with Crippen molar-refractivity contribution in [3.8, 4) is 0 Å². The third-order valence-corrected chi connectivity index (χ3v) is 4.29. The smallest absolute Gasteiger partial charge is 0.0484 e. The third kappa shape index (κ3) is 2.40. The molecule has 16 heavy (non-hydrogen) atoms. The summed E-state index contributed by atoms with van der Waals surface area (Å²) in [6, 6.07) is 0. The molecule has 0 saturated carbocycles. The number of nitrogens with two attached hydrogens (primary N) is 1. The van der Waals surface area contributed by atoms with Gasteiger partial charge in [0, 0.05) is 51.5 Å². The highest BCUT2D eigenvalue weighted by atomic mass is 16.5. The summed E-state index contributed by atoms with van der Waals surface area (Å²) in [5.74, 6) is 0. The largest absolute Gasteiger partial charge is 0.381 e. The number of likely N-dealkylation sites (N-methyl/N-ethyl adjacent to an activating group) is 1. The molecule has 4 heteroatoms. The van der Waals surface area contributed by atoms with Crippen LogP contribution in [0.4, 0.5) is 0 Å². The van der Waals surface area contributed by atoms with E-state index in [1.54, 1.807) is 0 Å². The van der Waals surface area contributed by atoms with E-state index in [-0.39, 0.29) is 5.54 Å². The zero-order valence-corrected chi connectivity index (χ0v) is 10.5. The molecule has 0 radical (unpaired) electrons. The number of hydrogen-bond acceptors (Lipinski definition) is 4. The SMILES string of the molecule is CCN1CCN(C2(CN)CCOCC2)CC1. The lowest BCUT2D eigenvalue weighted by Crippen LogP contribution is -2.62. The van der Waals surface area contributed by atoms with Crippen LogP contribution in [0.15, 0.2) is 0 Å². The van der Waals surface area contributed by atoms with Crippen molar-refractivity contribution < 1.29 is 4.74 Å². The van der Waals surface area contributed by atoms with E-state index in [1.165, 1.54) is 32.7 Å². The van der Waals surface area contributed by atoms with Crippen LogP contribution >= 0.6 is 0 Å². The highest BCUT2D eigenvalue weighted by Crippen LogP contribution is 2.27. The van der Waals surface area contributed by atoms with E-state index in [0.29, 0.717) is 0 Å². The molecule has 0 bridgehead atoms. The van der Waals surface area contributed by atoms with Gasteiger partial charge in [-0.1, -0.05) is 6.92 Å². The van der Waals surface area contributed by atoms with Gasteiger partial charge in [0.2, 0.25) is 0 Å². The highest BCUT2D eigenvalue weighted by molar-refractivity contribution is 4.95. The Morgan fingerprint density at radius 1 is 1.12 bits per heavy atom. The van der Waals surface area contributed by atoms with Crippen LogP contribution in [0, 0.1) is 0 Å². The van der Waals surface area contributed by atoms with Crippen LogP contribution in [0.2, 0.25) is 0 Å². The van der Waals surface area contributed by atoms with Gasteiger partial charge in [0.15, 0.2) is 0 Å². The van der Waals surface area contributed by atoms with Crippen LogP contribution in [0.25, 0.3) is 0 Å². The minimum absolute atomic E-state index is 0.234. The fourth-order valence-electron chi connectivity index (χ4n) is 2.94. The van der Waals surface area contributed by atoms with E-state index in [9.17, 15) is 0 Å². The lowest BCUT2D eigenvalue weighted by atomic mass is 9.87. The van der Waals surface area contributed by atoms with Gasteiger partial charge < -0.3 is 15.4 Å². The first kappa shape index (κ1) is 12.3.